The quantitative estimate of drug-likeness (QED) is 0.580. The number of hydrogen-bond acceptors (Lipinski definition) is 4. The van der Waals surface area contributed by atoms with Crippen molar-refractivity contribution in [2.75, 3.05) is 5.32 Å². The van der Waals surface area contributed by atoms with Crippen LogP contribution in [0.5, 0.6) is 0 Å². The van der Waals surface area contributed by atoms with Gasteiger partial charge in [0.2, 0.25) is 5.91 Å². The average molecular weight is 352 g/mol. The van der Waals surface area contributed by atoms with Crippen LogP contribution >= 0.6 is 0 Å². The van der Waals surface area contributed by atoms with E-state index in [9.17, 15) is 19.7 Å². The van der Waals surface area contributed by atoms with E-state index in [1.807, 2.05) is 6.07 Å². The van der Waals surface area contributed by atoms with Crippen LogP contribution in [-0.4, -0.2) is 16.9 Å². The molecule has 0 bridgehead atoms. The van der Waals surface area contributed by atoms with E-state index in [4.69, 9.17) is 0 Å². The minimum absolute atomic E-state index is 0.122. The number of para-hydroxylation sites is 1. The third kappa shape index (κ3) is 3.54. The minimum atomic E-state index is -0.838. The van der Waals surface area contributed by atoms with Crippen LogP contribution in [0.1, 0.15) is 11.6 Å². The summed E-state index contributed by atoms with van der Waals surface area (Å²) in [7, 11) is 0. The Morgan fingerprint density at radius 3 is 2.58 bits per heavy atom. The lowest BCUT2D eigenvalue weighted by Crippen LogP contribution is -2.51. The molecule has 8 nitrogen and oxygen atoms in total. The number of carbonyl (C=O) groups excluding carboxylic acids is 2. The molecule has 0 aliphatic carbocycles. The second kappa shape index (κ2) is 7.06. The summed E-state index contributed by atoms with van der Waals surface area (Å²) >= 11 is 0. The van der Waals surface area contributed by atoms with E-state index < -0.39 is 22.9 Å². The van der Waals surface area contributed by atoms with Crippen LogP contribution < -0.4 is 16.0 Å². The largest absolute Gasteiger partial charge is 0.330 e. The minimum Gasteiger partial charge on any atom is -0.330 e. The Kier molecular flexibility index (Phi) is 4.66. The number of anilines is 1. The molecule has 0 spiro atoms. The van der Waals surface area contributed by atoms with Gasteiger partial charge in [0.1, 0.15) is 5.92 Å². The van der Waals surface area contributed by atoms with Crippen molar-refractivity contribution in [2.24, 2.45) is 5.92 Å². The highest BCUT2D eigenvalue weighted by Crippen LogP contribution is 2.32. The molecule has 1 fully saturated rings. The molecule has 0 radical (unpaired) electrons. The molecule has 2 aromatic rings. The molecule has 1 aliphatic heterocycles. The molecule has 2 aromatic carbocycles. The predicted molar refractivity (Wildman–Crippen MR) is 95.2 cm³/mol. The first-order valence-electron chi connectivity index (χ1n) is 7.82. The Morgan fingerprint density at radius 2 is 1.88 bits per heavy atom. The zero-order chi connectivity index (χ0) is 18.7. The van der Waals surface area contributed by atoms with E-state index >= 15 is 0 Å². The zero-order valence-electron chi connectivity index (χ0n) is 13.6. The van der Waals surface area contributed by atoms with Gasteiger partial charge in [0.15, 0.2) is 0 Å². The van der Waals surface area contributed by atoms with Gasteiger partial charge < -0.3 is 16.0 Å². The monoisotopic (exact) mass is 352 g/mol. The maximum atomic E-state index is 12.8. The smallest absolute Gasteiger partial charge is 0.319 e. The first-order valence-corrected chi connectivity index (χ1v) is 7.82. The van der Waals surface area contributed by atoms with Gasteiger partial charge in [-0.1, -0.05) is 36.9 Å². The Hall–Kier alpha value is -3.68. The number of carbonyl (C=O) groups is 2. The number of benzene rings is 2. The molecule has 3 rings (SSSR count). The number of nitro groups is 1. The maximum absolute atomic E-state index is 12.8. The van der Waals surface area contributed by atoms with Crippen molar-refractivity contribution < 1.29 is 14.5 Å². The molecular formula is C18H16N4O4. The lowest BCUT2D eigenvalue weighted by molar-refractivity contribution is -0.384. The molecular weight excluding hydrogens is 336 g/mol. The summed E-state index contributed by atoms with van der Waals surface area (Å²) in [5.41, 5.74) is 1.14. The number of hydrogen-bond donors (Lipinski definition) is 3. The first-order chi connectivity index (χ1) is 12.5. The molecule has 0 saturated carbocycles. The van der Waals surface area contributed by atoms with Crippen LogP contribution in [0, 0.1) is 16.0 Å². The maximum Gasteiger partial charge on any atom is 0.319 e. The molecule has 1 aliphatic rings. The van der Waals surface area contributed by atoms with E-state index in [0.29, 0.717) is 11.3 Å². The zero-order valence-corrected chi connectivity index (χ0v) is 13.6. The molecule has 1 heterocycles. The van der Waals surface area contributed by atoms with Gasteiger partial charge in [-0.15, -0.1) is 0 Å². The van der Waals surface area contributed by atoms with Crippen LogP contribution in [0.25, 0.3) is 0 Å². The topological polar surface area (TPSA) is 113 Å². The molecule has 1 saturated heterocycles. The average Bonchev–Trinajstić information content (AvgIpc) is 2.61. The Morgan fingerprint density at radius 1 is 1.15 bits per heavy atom. The van der Waals surface area contributed by atoms with E-state index in [1.165, 1.54) is 18.2 Å². The SMILES string of the molecule is C=C1NC(=O)NC(c2cccc([N+](=O)[O-])c2)C1C(=O)Nc1ccccc1. The normalized spacial score (nSPS) is 19.2. The number of nitrogens with zero attached hydrogens (tertiary/aromatic N) is 1. The van der Waals surface area contributed by atoms with Crippen molar-refractivity contribution in [2.45, 2.75) is 6.04 Å². The van der Waals surface area contributed by atoms with Gasteiger partial charge in [-0.2, -0.15) is 0 Å². The van der Waals surface area contributed by atoms with Gasteiger partial charge in [0.25, 0.3) is 5.69 Å². The molecule has 26 heavy (non-hydrogen) atoms. The van der Waals surface area contributed by atoms with Crippen molar-refractivity contribution in [3.8, 4) is 0 Å². The van der Waals surface area contributed by atoms with Gasteiger partial charge in [0, 0.05) is 23.5 Å². The highest BCUT2D eigenvalue weighted by Gasteiger charge is 2.38. The summed E-state index contributed by atoms with van der Waals surface area (Å²) in [6, 6.07) is 13.4. The second-order valence-corrected chi connectivity index (χ2v) is 5.79. The molecule has 3 amide bonds. The fraction of sp³-hybridized carbons (Fsp3) is 0.111. The molecule has 2 atom stereocenters. The van der Waals surface area contributed by atoms with E-state index in [0.717, 1.165) is 0 Å². The number of urea groups is 1. The van der Waals surface area contributed by atoms with Crippen LogP contribution in [0.15, 0.2) is 66.9 Å². The molecule has 8 heteroatoms. The Balaban J connectivity index is 1.93. The van der Waals surface area contributed by atoms with Gasteiger partial charge in [-0.3, -0.25) is 14.9 Å². The van der Waals surface area contributed by atoms with E-state index in [-0.39, 0.29) is 17.3 Å². The first kappa shape index (κ1) is 17.2. The highest BCUT2D eigenvalue weighted by atomic mass is 16.6. The standard InChI is InChI=1S/C18H16N4O4/c1-11-15(17(23)20-13-7-3-2-4-8-13)16(21-18(24)19-11)12-6-5-9-14(10-12)22(25)26/h2-10,15-16H,1H2,(H,20,23)(H2,19,21,24). The van der Waals surface area contributed by atoms with Crippen LogP contribution in [-0.2, 0) is 4.79 Å². The van der Waals surface area contributed by atoms with Gasteiger partial charge in [0.05, 0.1) is 11.0 Å². The fourth-order valence-corrected chi connectivity index (χ4v) is 2.84. The molecule has 132 valence electrons. The lowest BCUT2D eigenvalue weighted by atomic mass is 9.88. The summed E-state index contributed by atoms with van der Waals surface area (Å²) in [4.78, 5) is 35.1. The van der Waals surface area contributed by atoms with Gasteiger partial charge in [-0.05, 0) is 17.7 Å². The number of amides is 3. The number of rotatable bonds is 4. The van der Waals surface area contributed by atoms with Crippen molar-refractivity contribution in [3.05, 3.63) is 82.6 Å². The number of non-ortho nitro benzene ring substituents is 1. The highest BCUT2D eigenvalue weighted by molar-refractivity contribution is 5.97. The fourth-order valence-electron chi connectivity index (χ4n) is 2.84. The summed E-state index contributed by atoms with van der Waals surface area (Å²) in [5.74, 6) is -1.22. The van der Waals surface area contributed by atoms with E-state index in [1.54, 1.807) is 30.3 Å². The van der Waals surface area contributed by atoms with Crippen molar-refractivity contribution >= 4 is 23.3 Å². The third-order valence-electron chi connectivity index (χ3n) is 4.03. The summed E-state index contributed by atoms with van der Waals surface area (Å²) in [6.45, 7) is 3.78. The van der Waals surface area contributed by atoms with Crippen molar-refractivity contribution in [3.63, 3.8) is 0 Å². The number of nitro benzene ring substituents is 1. The predicted octanol–water partition coefficient (Wildman–Crippen LogP) is 2.72. The van der Waals surface area contributed by atoms with Gasteiger partial charge >= 0.3 is 6.03 Å². The summed E-state index contributed by atoms with van der Waals surface area (Å²) < 4.78 is 0. The van der Waals surface area contributed by atoms with Crippen LogP contribution in [0.3, 0.4) is 0 Å². The molecule has 3 N–H and O–H groups in total. The lowest BCUT2D eigenvalue weighted by Gasteiger charge is -2.33. The van der Waals surface area contributed by atoms with E-state index in [2.05, 4.69) is 22.5 Å². The molecule has 2 unspecified atom stereocenters. The Labute approximate surface area is 149 Å². The molecule has 0 aromatic heterocycles. The van der Waals surface area contributed by atoms with Crippen molar-refractivity contribution in [1.82, 2.24) is 10.6 Å². The van der Waals surface area contributed by atoms with Crippen LogP contribution in [0.4, 0.5) is 16.2 Å². The third-order valence-corrected chi connectivity index (χ3v) is 4.03. The van der Waals surface area contributed by atoms with Crippen LogP contribution in [0.2, 0.25) is 0 Å². The summed E-state index contributed by atoms with van der Waals surface area (Å²) in [6.07, 6.45) is 0. The van der Waals surface area contributed by atoms with Crippen molar-refractivity contribution in [1.29, 1.82) is 0 Å². The Bertz CT molecular complexity index is 882. The number of nitrogens with one attached hydrogen (secondary N) is 3. The summed E-state index contributed by atoms with van der Waals surface area (Å²) in [5, 5.41) is 18.9. The van der Waals surface area contributed by atoms with Gasteiger partial charge in [-0.25, -0.2) is 4.79 Å². The second-order valence-electron chi connectivity index (χ2n) is 5.79.